The van der Waals surface area contributed by atoms with E-state index in [2.05, 4.69) is 19.2 Å². The molecule has 21 heavy (non-hydrogen) atoms. The Hall–Kier alpha value is -0.970. The molecule has 0 aliphatic heterocycles. The van der Waals surface area contributed by atoms with Gasteiger partial charge in [0, 0.05) is 19.7 Å². The van der Waals surface area contributed by atoms with Crippen LogP contribution in [-0.4, -0.2) is 34.0 Å². The van der Waals surface area contributed by atoms with Crippen molar-refractivity contribution in [1.82, 2.24) is 5.32 Å². The number of rotatable bonds is 10. The van der Waals surface area contributed by atoms with Crippen LogP contribution in [0.1, 0.15) is 25.8 Å². The van der Waals surface area contributed by atoms with Crippen LogP contribution >= 0.6 is 11.6 Å². The Balaban J connectivity index is 2.34. The Labute approximate surface area is 132 Å². The van der Waals surface area contributed by atoms with Crippen molar-refractivity contribution in [3.8, 4) is 11.5 Å². The minimum atomic E-state index is 0.557. The molecular weight excluding hydrogens is 290 g/mol. The van der Waals surface area contributed by atoms with Crippen LogP contribution in [0.15, 0.2) is 12.1 Å². The SMILES string of the molecule is COc1cc(CNCCOCCC(C)C)cc(Cl)c1OC. The lowest BCUT2D eigenvalue weighted by Crippen LogP contribution is -2.19. The molecule has 0 fully saturated rings. The second-order valence-electron chi connectivity index (χ2n) is 5.28. The molecule has 1 aromatic carbocycles. The molecule has 0 bridgehead atoms. The molecule has 5 heteroatoms. The average Bonchev–Trinajstić information content (AvgIpc) is 2.45. The van der Waals surface area contributed by atoms with Crippen molar-refractivity contribution in [3.63, 3.8) is 0 Å². The zero-order valence-corrected chi connectivity index (χ0v) is 14.1. The van der Waals surface area contributed by atoms with Crippen LogP contribution in [0.25, 0.3) is 0 Å². The maximum Gasteiger partial charge on any atom is 0.179 e. The van der Waals surface area contributed by atoms with Crippen molar-refractivity contribution in [2.24, 2.45) is 5.92 Å². The molecule has 0 aliphatic rings. The molecule has 0 radical (unpaired) electrons. The van der Waals surface area contributed by atoms with Gasteiger partial charge in [0.05, 0.1) is 25.8 Å². The Bertz CT molecular complexity index is 424. The van der Waals surface area contributed by atoms with Gasteiger partial charge in [-0.05, 0) is 30.0 Å². The van der Waals surface area contributed by atoms with Crippen LogP contribution in [0.2, 0.25) is 5.02 Å². The zero-order chi connectivity index (χ0) is 15.7. The third-order valence-electron chi connectivity index (χ3n) is 3.09. The highest BCUT2D eigenvalue weighted by molar-refractivity contribution is 6.32. The number of nitrogens with one attached hydrogen (secondary N) is 1. The van der Waals surface area contributed by atoms with Crippen LogP contribution in [0.3, 0.4) is 0 Å². The molecule has 0 aromatic heterocycles. The van der Waals surface area contributed by atoms with Gasteiger partial charge in [-0.3, -0.25) is 0 Å². The number of halogens is 1. The Morgan fingerprint density at radius 2 is 1.90 bits per heavy atom. The number of hydrogen-bond donors (Lipinski definition) is 1. The van der Waals surface area contributed by atoms with E-state index in [1.807, 2.05) is 12.1 Å². The predicted octanol–water partition coefficient (Wildman–Crippen LogP) is 3.51. The quantitative estimate of drug-likeness (QED) is 0.671. The molecule has 0 spiro atoms. The minimum absolute atomic E-state index is 0.557. The third-order valence-corrected chi connectivity index (χ3v) is 3.37. The summed E-state index contributed by atoms with van der Waals surface area (Å²) >= 11 is 6.17. The largest absolute Gasteiger partial charge is 0.493 e. The summed E-state index contributed by atoms with van der Waals surface area (Å²) in [7, 11) is 3.18. The highest BCUT2D eigenvalue weighted by Gasteiger charge is 2.10. The summed E-state index contributed by atoms with van der Waals surface area (Å²) in [6, 6.07) is 3.81. The smallest absolute Gasteiger partial charge is 0.179 e. The summed E-state index contributed by atoms with van der Waals surface area (Å²) in [6.07, 6.45) is 1.10. The van der Waals surface area contributed by atoms with E-state index >= 15 is 0 Å². The Morgan fingerprint density at radius 3 is 2.52 bits per heavy atom. The first kappa shape index (κ1) is 18.1. The predicted molar refractivity (Wildman–Crippen MR) is 86.5 cm³/mol. The fraction of sp³-hybridized carbons (Fsp3) is 0.625. The highest BCUT2D eigenvalue weighted by Crippen LogP contribution is 2.35. The Morgan fingerprint density at radius 1 is 1.14 bits per heavy atom. The standard InChI is InChI=1S/C16H26ClNO3/c1-12(2)5-7-21-8-6-18-11-13-9-14(17)16(20-4)15(10-13)19-3/h9-10,12,18H,5-8,11H2,1-4H3. The zero-order valence-electron chi connectivity index (χ0n) is 13.4. The normalized spacial score (nSPS) is 11.0. The van der Waals surface area contributed by atoms with E-state index in [9.17, 15) is 0 Å². The van der Waals surface area contributed by atoms with Crippen molar-refractivity contribution >= 4 is 11.6 Å². The number of hydrogen-bond acceptors (Lipinski definition) is 4. The second-order valence-corrected chi connectivity index (χ2v) is 5.69. The van der Waals surface area contributed by atoms with Crippen molar-refractivity contribution in [2.45, 2.75) is 26.8 Å². The van der Waals surface area contributed by atoms with E-state index in [1.165, 1.54) is 0 Å². The lowest BCUT2D eigenvalue weighted by atomic mass is 10.1. The minimum Gasteiger partial charge on any atom is -0.493 e. The maximum atomic E-state index is 6.17. The van der Waals surface area contributed by atoms with E-state index in [4.69, 9.17) is 25.8 Å². The summed E-state index contributed by atoms with van der Waals surface area (Å²) in [5.74, 6) is 1.90. The summed E-state index contributed by atoms with van der Waals surface area (Å²) in [6.45, 7) is 7.46. The molecule has 1 aromatic rings. The third kappa shape index (κ3) is 6.55. The van der Waals surface area contributed by atoms with Gasteiger partial charge < -0.3 is 19.5 Å². The molecule has 120 valence electrons. The van der Waals surface area contributed by atoms with Gasteiger partial charge in [-0.25, -0.2) is 0 Å². The van der Waals surface area contributed by atoms with Crippen molar-refractivity contribution in [3.05, 3.63) is 22.7 Å². The van der Waals surface area contributed by atoms with E-state index in [0.29, 0.717) is 35.6 Å². The Kier molecular flexibility index (Phi) is 8.50. The fourth-order valence-electron chi connectivity index (χ4n) is 1.87. The summed E-state index contributed by atoms with van der Waals surface area (Å²) in [5, 5.41) is 3.88. The van der Waals surface area contributed by atoms with Crippen molar-refractivity contribution < 1.29 is 14.2 Å². The molecule has 0 amide bonds. The average molecular weight is 316 g/mol. The van der Waals surface area contributed by atoms with Gasteiger partial charge >= 0.3 is 0 Å². The maximum absolute atomic E-state index is 6.17. The molecule has 0 aliphatic carbocycles. The van der Waals surface area contributed by atoms with E-state index in [1.54, 1.807) is 14.2 Å². The van der Waals surface area contributed by atoms with Crippen molar-refractivity contribution in [2.75, 3.05) is 34.0 Å². The molecular formula is C16H26ClNO3. The fourth-order valence-corrected chi connectivity index (χ4v) is 2.18. The topological polar surface area (TPSA) is 39.7 Å². The lowest BCUT2D eigenvalue weighted by molar-refractivity contribution is 0.125. The first-order valence-corrected chi connectivity index (χ1v) is 7.65. The van der Waals surface area contributed by atoms with E-state index in [-0.39, 0.29) is 0 Å². The van der Waals surface area contributed by atoms with Crippen LogP contribution in [0.4, 0.5) is 0 Å². The number of benzene rings is 1. The van der Waals surface area contributed by atoms with Gasteiger partial charge in [0.1, 0.15) is 0 Å². The van der Waals surface area contributed by atoms with Crippen LogP contribution < -0.4 is 14.8 Å². The van der Waals surface area contributed by atoms with E-state index < -0.39 is 0 Å². The van der Waals surface area contributed by atoms with Gasteiger partial charge in [0.2, 0.25) is 0 Å². The molecule has 1 N–H and O–H groups in total. The summed E-state index contributed by atoms with van der Waals surface area (Å²) in [4.78, 5) is 0. The highest BCUT2D eigenvalue weighted by atomic mass is 35.5. The molecule has 0 atom stereocenters. The van der Waals surface area contributed by atoms with Crippen LogP contribution in [-0.2, 0) is 11.3 Å². The lowest BCUT2D eigenvalue weighted by Gasteiger charge is -2.12. The second kappa shape index (κ2) is 9.87. The van der Waals surface area contributed by atoms with Gasteiger partial charge in [-0.15, -0.1) is 0 Å². The van der Waals surface area contributed by atoms with Gasteiger partial charge in [-0.2, -0.15) is 0 Å². The monoisotopic (exact) mass is 315 g/mol. The molecule has 0 unspecified atom stereocenters. The number of methoxy groups -OCH3 is 2. The van der Waals surface area contributed by atoms with E-state index in [0.717, 1.165) is 25.1 Å². The van der Waals surface area contributed by atoms with Gasteiger partial charge in [0.15, 0.2) is 11.5 Å². The van der Waals surface area contributed by atoms with Gasteiger partial charge in [0.25, 0.3) is 0 Å². The van der Waals surface area contributed by atoms with Gasteiger partial charge in [-0.1, -0.05) is 25.4 Å². The molecule has 1 rings (SSSR count). The molecule has 0 saturated heterocycles. The summed E-state index contributed by atoms with van der Waals surface area (Å²) in [5.41, 5.74) is 1.06. The first-order chi connectivity index (χ1) is 10.1. The molecule has 0 saturated carbocycles. The summed E-state index contributed by atoms with van der Waals surface area (Å²) < 4.78 is 16.0. The number of ether oxygens (including phenoxy) is 3. The van der Waals surface area contributed by atoms with Crippen LogP contribution in [0.5, 0.6) is 11.5 Å². The van der Waals surface area contributed by atoms with Crippen LogP contribution in [0, 0.1) is 5.92 Å². The van der Waals surface area contributed by atoms with Crippen molar-refractivity contribution in [1.29, 1.82) is 0 Å². The first-order valence-electron chi connectivity index (χ1n) is 7.27. The molecule has 4 nitrogen and oxygen atoms in total. The molecule has 0 heterocycles.